The molecule has 0 spiro atoms. The number of fused-ring (bicyclic) bond motifs is 1. The zero-order chi connectivity index (χ0) is 19.7. The van der Waals surface area contributed by atoms with Gasteiger partial charge in [-0.1, -0.05) is 30.3 Å². The summed E-state index contributed by atoms with van der Waals surface area (Å²) in [4.78, 5) is 10.8. The molecule has 1 unspecified atom stereocenters. The Bertz CT molecular complexity index is 827. The van der Waals surface area contributed by atoms with Crippen molar-refractivity contribution in [2.45, 2.75) is 37.1 Å². The van der Waals surface area contributed by atoms with Crippen LogP contribution in [0.4, 0.5) is 5.82 Å². The summed E-state index contributed by atoms with van der Waals surface area (Å²) in [7, 11) is 1.91. The standard InChI is InChI=1S/C19H25N5O4/c1-23-10-22-18-14(17(23)20-8-7-12-5-3-2-4-6-12)21-11-24(18)19-16(27)15(26)13(9-25)28-19/h2-6,10-11,13,15-17,19-20,25-27H,7-9H2,1H3/t13-,15-,16-,17?,19-/m1/s1. The number of hydrogen-bond donors (Lipinski definition) is 4. The third-order valence-electron chi connectivity index (χ3n) is 5.21. The molecule has 1 aromatic carbocycles. The Balaban J connectivity index is 1.50. The second-order valence-corrected chi connectivity index (χ2v) is 7.09. The normalized spacial score (nSPS) is 29.3. The van der Waals surface area contributed by atoms with Crippen molar-refractivity contribution in [3.05, 3.63) is 47.9 Å². The summed E-state index contributed by atoms with van der Waals surface area (Å²) in [6, 6.07) is 10.2. The highest BCUT2D eigenvalue weighted by molar-refractivity contribution is 5.65. The van der Waals surface area contributed by atoms with Crippen LogP contribution in [0.2, 0.25) is 0 Å². The van der Waals surface area contributed by atoms with Gasteiger partial charge in [-0.05, 0) is 12.0 Å². The first-order valence-corrected chi connectivity index (χ1v) is 9.32. The molecule has 9 nitrogen and oxygen atoms in total. The predicted octanol–water partition coefficient (Wildman–Crippen LogP) is -0.0693. The van der Waals surface area contributed by atoms with E-state index >= 15 is 0 Å². The maximum absolute atomic E-state index is 10.3. The molecule has 1 saturated heterocycles. The fraction of sp³-hybridized carbons (Fsp3) is 0.474. The van der Waals surface area contributed by atoms with Gasteiger partial charge in [-0.3, -0.25) is 9.88 Å². The first kappa shape index (κ1) is 19.0. The molecule has 2 aliphatic rings. The zero-order valence-electron chi connectivity index (χ0n) is 15.6. The second kappa shape index (κ2) is 7.98. The molecular formula is C19H25N5O4. The van der Waals surface area contributed by atoms with E-state index in [0.29, 0.717) is 5.82 Å². The maximum Gasteiger partial charge on any atom is 0.165 e. The number of aromatic nitrogens is 2. The third-order valence-corrected chi connectivity index (χ3v) is 5.21. The van der Waals surface area contributed by atoms with Crippen LogP contribution >= 0.6 is 0 Å². The van der Waals surface area contributed by atoms with E-state index in [1.807, 2.05) is 30.1 Å². The van der Waals surface area contributed by atoms with Gasteiger partial charge in [0.15, 0.2) is 12.0 Å². The molecule has 1 fully saturated rings. The van der Waals surface area contributed by atoms with Crippen molar-refractivity contribution in [2.75, 3.05) is 20.2 Å². The summed E-state index contributed by atoms with van der Waals surface area (Å²) < 4.78 is 7.22. The molecule has 5 atom stereocenters. The van der Waals surface area contributed by atoms with E-state index in [9.17, 15) is 15.3 Å². The van der Waals surface area contributed by atoms with Crippen LogP contribution in [0.25, 0.3) is 0 Å². The number of aliphatic imine (C=N–C) groups is 1. The summed E-state index contributed by atoms with van der Waals surface area (Å²) in [6.07, 6.45) is -0.0720. The van der Waals surface area contributed by atoms with Gasteiger partial charge in [0.1, 0.15) is 30.2 Å². The minimum absolute atomic E-state index is 0.172. The summed E-state index contributed by atoms with van der Waals surface area (Å²) >= 11 is 0. The van der Waals surface area contributed by atoms with Crippen LogP contribution in [0.1, 0.15) is 23.7 Å². The number of aliphatic hydroxyl groups excluding tert-OH is 3. The van der Waals surface area contributed by atoms with E-state index in [0.717, 1.165) is 18.7 Å². The Kier molecular flexibility index (Phi) is 5.42. The van der Waals surface area contributed by atoms with Gasteiger partial charge in [-0.2, -0.15) is 0 Å². The number of nitrogens with one attached hydrogen (secondary N) is 1. The SMILES string of the molecule is CN1C=Nc2c(ncn2[C@@H]2O[C@H](CO)[C@@H](O)[C@H]2O)C1NCCc1ccccc1. The topological polar surface area (TPSA) is 115 Å². The van der Waals surface area contributed by atoms with Gasteiger partial charge in [0.25, 0.3) is 0 Å². The van der Waals surface area contributed by atoms with Gasteiger partial charge in [-0.15, -0.1) is 0 Å². The Hall–Kier alpha value is -2.30. The number of nitrogens with zero attached hydrogens (tertiary/aromatic N) is 4. The molecule has 4 N–H and O–H groups in total. The highest BCUT2D eigenvalue weighted by Gasteiger charge is 2.44. The van der Waals surface area contributed by atoms with E-state index in [4.69, 9.17) is 4.74 Å². The van der Waals surface area contributed by atoms with Gasteiger partial charge >= 0.3 is 0 Å². The van der Waals surface area contributed by atoms with Crippen molar-refractivity contribution in [1.82, 2.24) is 19.8 Å². The van der Waals surface area contributed by atoms with E-state index in [-0.39, 0.29) is 12.8 Å². The molecule has 0 aliphatic carbocycles. The summed E-state index contributed by atoms with van der Waals surface area (Å²) in [5.74, 6) is 0.560. The molecule has 28 heavy (non-hydrogen) atoms. The van der Waals surface area contributed by atoms with Gasteiger partial charge in [0, 0.05) is 13.6 Å². The first-order valence-electron chi connectivity index (χ1n) is 9.32. The van der Waals surface area contributed by atoms with Crippen molar-refractivity contribution in [3.8, 4) is 0 Å². The molecule has 2 aromatic rings. The molecule has 9 heteroatoms. The Morgan fingerprint density at radius 3 is 2.68 bits per heavy atom. The van der Waals surface area contributed by atoms with Gasteiger partial charge in [0.2, 0.25) is 0 Å². The number of rotatable bonds is 6. The van der Waals surface area contributed by atoms with Crippen LogP contribution in [-0.4, -0.2) is 74.6 Å². The number of ether oxygens (including phenoxy) is 1. The molecular weight excluding hydrogens is 362 g/mol. The summed E-state index contributed by atoms with van der Waals surface area (Å²) in [5.41, 5.74) is 1.97. The molecule has 150 valence electrons. The molecule has 2 aliphatic heterocycles. The van der Waals surface area contributed by atoms with Crippen molar-refractivity contribution in [2.24, 2.45) is 4.99 Å². The van der Waals surface area contributed by atoms with Crippen molar-refractivity contribution in [1.29, 1.82) is 0 Å². The van der Waals surface area contributed by atoms with E-state index in [2.05, 4.69) is 27.4 Å². The molecule has 0 amide bonds. The maximum atomic E-state index is 10.3. The lowest BCUT2D eigenvalue weighted by molar-refractivity contribution is -0.0520. The predicted molar refractivity (Wildman–Crippen MR) is 102 cm³/mol. The van der Waals surface area contributed by atoms with E-state index < -0.39 is 24.5 Å². The van der Waals surface area contributed by atoms with Crippen LogP contribution in [0, 0.1) is 0 Å². The van der Waals surface area contributed by atoms with Crippen molar-refractivity contribution in [3.63, 3.8) is 0 Å². The second-order valence-electron chi connectivity index (χ2n) is 7.09. The number of benzene rings is 1. The van der Waals surface area contributed by atoms with E-state index in [1.54, 1.807) is 17.2 Å². The Morgan fingerprint density at radius 1 is 1.18 bits per heavy atom. The zero-order valence-corrected chi connectivity index (χ0v) is 15.6. The average molecular weight is 387 g/mol. The van der Waals surface area contributed by atoms with Crippen LogP contribution in [0.15, 0.2) is 41.7 Å². The van der Waals surface area contributed by atoms with Crippen LogP contribution < -0.4 is 5.32 Å². The molecule has 1 aromatic heterocycles. The third kappa shape index (κ3) is 3.43. The summed E-state index contributed by atoms with van der Waals surface area (Å²) in [6.45, 7) is 0.383. The molecule has 4 rings (SSSR count). The van der Waals surface area contributed by atoms with Gasteiger partial charge < -0.3 is 25.0 Å². The molecule has 0 saturated carbocycles. The molecule has 0 radical (unpaired) electrons. The first-order chi connectivity index (χ1) is 13.6. The van der Waals surface area contributed by atoms with E-state index in [1.165, 1.54) is 5.56 Å². The average Bonchev–Trinajstić information content (AvgIpc) is 3.26. The Morgan fingerprint density at radius 2 is 1.96 bits per heavy atom. The van der Waals surface area contributed by atoms with Crippen LogP contribution in [0.5, 0.6) is 0 Å². The van der Waals surface area contributed by atoms with Gasteiger partial charge in [-0.25, -0.2) is 9.98 Å². The minimum atomic E-state index is -1.17. The van der Waals surface area contributed by atoms with Gasteiger partial charge in [0.05, 0.1) is 19.3 Å². The Labute approximate surface area is 162 Å². The fourth-order valence-electron chi connectivity index (χ4n) is 3.63. The highest BCUT2D eigenvalue weighted by Crippen LogP contribution is 2.37. The van der Waals surface area contributed by atoms with Crippen LogP contribution in [0.3, 0.4) is 0 Å². The summed E-state index contributed by atoms with van der Waals surface area (Å²) in [5, 5.41) is 33.1. The lowest BCUT2D eigenvalue weighted by Crippen LogP contribution is -2.38. The lowest BCUT2D eigenvalue weighted by atomic mass is 10.1. The number of aliphatic hydroxyl groups is 3. The number of imidazole rings is 1. The fourth-order valence-corrected chi connectivity index (χ4v) is 3.63. The van der Waals surface area contributed by atoms with Crippen molar-refractivity contribution >= 4 is 12.2 Å². The quantitative estimate of drug-likeness (QED) is 0.548. The smallest absolute Gasteiger partial charge is 0.165 e. The van der Waals surface area contributed by atoms with Crippen molar-refractivity contribution < 1.29 is 20.1 Å². The highest BCUT2D eigenvalue weighted by atomic mass is 16.6. The lowest BCUT2D eigenvalue weighted by Gasteiger charge is -2.30. The monoisotopic (exact) mass is 387 g/mol. The molecule has 0 bridgehead atoms. The minimum Gasteiger partial charge on any atom is -0.394 e. The van der Waals surface area contributed by atoms with Crippen LogP contribution in [-0.2, 0) is 11.2 Å². The number of hydrogen-bond acceptors (Lipinski definition) is 8. The molecule has 3 heterocycles. The largest absolute Gasteiger partial charge is 0.394 e.